The zero-order chi connectivity index (χ0) is 23.3. The number of nitrogens with one attached hydrogen (secondary N) is 2. The second-order valence-electron chi connectivity index (χ2n) is 7.76. The highest BCUT2D eigenvalue weighted by molar-refractivity contribution is 5.68. The molecule has 0 saturated carbocycles. The molecule has 0 radical (unpaired) electrons. The van der Waals surface area contributed by atoms with Gasteiger partial charge in [0.15, 0.2) is 0 Å². The number of hydrogen-bond acceptors (Lipinski definition) is 5. The minimum absolute atomic E-state index is 0.155. The number of carbonyl (C=O) groups excluding carboxylic acids is 1. The highest BCUT2D eigenvalue weighted by Gasteiger charge is 2.38. The predicted molar refractivity (Wildman–Crippen MR) is 112 cm³/mol. The van der Waals surface area contributed by atoms with Gasteiger partial charge in [-0.1, -0.05) is 30.3 Å². The number of alkyl halides is 3. The van der Waals surface area contributed by atoms with Gasteiger partial charge < -0.3 is 24.5 Å². The van der Waals surface area contributed by atoms with Gasteiger partial charge in [0.2, 0.25) is 0 Å². The van der Waals surface area contributed by atoms with Crippen LogP contribution in [-0.4, -0.2) is 41.2 Å². The number of ether oxygens (including phenoxy) is 3. The molecule has 1 atom stereocenters. The number of hydrogen-bond donors (Lipinski definition) is 2. The monoisotopic (exact) mass is 461 g/mol. The number of rotatable bonds is 7. The first-order valence-electron chi connectivity index (χ1n) is 10.3. The number of halogens is 3. The minimum Gasteiger partial charge on any atom is -0.445 e. The van der Waals surface area contributed by atoms with E-state index < -0.39 is 18.0 Å². The summed E-state index contributed by atoms with van der Waals surface area (Å²) in [5.74, 6) is 0.306. The summed E-state index contributed by atoms with van der Waals surface area (Å²) in [6.07, 6.45) is -2.73. The molecule has 2 aromatic carbocycles. The Hall–Kier alpha value is -3.53. The average molecular weight is 461 g/mol. The van der Waals surface area contributed by atoms with Crippen LogP contribution >= 0.6 is 0 Å². The van der Waals surface area contributed by atoms with Crippen LogP contribution in [0.4, 0.5) is 18.0 Å². The molecule has 0 bridgehead atoms. The third-order valence-corrected chi connectivity index (χ3v) is 5.22. The van der Waals surface area contributed by atoms with Gasteiger partial charge in [-0.15, -0.1) is 13.2 Å². The normalized spacial score (nSPS) is 18.2. The zero-order valence-electron chi connectivity index (χ0n) is 17.5. The number of alkyl carbamates (subject to hydrolysis) is 1. The molecule has 0 spiro atoms. The van der Waals surface area contributed by atoms with Crippen molar-refractivity contribution < 1.29 is 32.2 Å². The lowest BCUT2D eigenvalue weighted by Crippen LogP contribution is -2.51. The third kappa shape index (κ3) is 6.26. The Balaban J connectivity index is 1.39. The number of amides is 1. The first-order chi connectivity index (χ1) is 15.8. The summed E-state index contributed by atoms with van der Waals surface area (Å²) < 4.78 is 51.8. The van der Waals surface area contributed by atoms with Crippen LogP contribution in [0.25, 0.3) is 11.3 Å². The fraction of sp³-hybridized carbons (Fsp3) is 0.304. The summed E-state index contributed by atoms with van der Waals surface area (Å²) in [5, 5.41) is 2.92. The Kier molecular flexibility index (Phi) is 6.55. The summed E-state index contributed by atoms with van der Waals surface area (Å²) in [6.45, 7) is 0.961. The molecule has 1 amide bonds. The second-order valence-corrected chi connectivity index (χ2v) is 7.76. The quantitative estimate of drug-likeness (QED) is 0.537. The minimum atomic E-state index is -4.74. The SMILES string of the molecule is O=C(NC1(Cc2ncc(-c3ccc(OC(F)(F)F)cc3)[nH]2)CCOC1)OCc1ccccc1. The summed E-state index contributed by atoms with van der Waals surface area (Å²) in [7, 11) is 0. The van der Waals surface area contributed by atoms with Crippen LogP contribution in [-0.2, 0) is 22.5 Å². The van der Waals surface area contributed by atoms with Crippen LogP contribution in [0.2, 0.25) is 0 Å². The topological polar surface area (TPSA) is 85.5 Å². The van der Waals surface area contributed by atoms with Gasteiger partial charge in [0.05, 0.1) is 24.0 Å². The first kappa shape index (κ1) is 22.7. The van der Waals surface area contributed by atoms with E-state index in [0.29, 0.717) is 43.1 Å². The number of nitrogens with zero attached hydrogens (tertiary/aromatic N) is 1. The number of carbonyl (C=O) groups is 1. The summed E-state index contributed by atoms with van der Waals surface area (Å²) >= 11 is 0. The highest BCUT2D eigenvalue weighted by atomic mass is 19.4. The standard InChI is InChI=1S/C23H22F3N3O4/c24-23(25,26)33-18-8-6-17(7-9-18)19-13-27-20(28-19)12-22(10-11-31-15-22)29-21(30)32-14-16-4-2-1-3-5-16/h1-9,13H,10-12,14-15H2,(H,27,28)(H,29,30). The maximum atomic E-state index is 12.4. The van der Waals surface area contributed by atoms with Crippen molar-refractivity contribution in [2.45, 2.75) is 31.3 Å². The van der Waals surface area contributed by atoms with Crippen LogP contribution in [0.3, 0.4) is 0 Å². The van der Waals surface area contributed by atoms with E-state index in [1.54, 1.807) is 6.20 Å². The number of aromatic nitrogens is 2. The molecule has 10 heteroatoms. The molecule has 174 valence electrons. The number of H-pyrrole nitrogens is 1. The van der Waals surface area contributed by atoms with Gasteiger partial charge in [0.1, 0.15) is 18.2 Å². The van der Waals surface area contributed by atoms with E-state index in [0.717, 1.165) is 5.56 Å². The third-order valence-electron chi connectivity index (χ3n) is 5.22. The van der Waals surface area contributed by atoms with Gasteiger partial charge in [-0.25, -0.2) is 9.78 Å². The summed E-state index contributed by atoms with van der Waals surface area (Å²) in [4.78, 5) is 19.9. The van der Waals surface area contributed by atoms with E-state index in [-0.39, 0.29) is 12.4 Å². The van der Waals surface area contributed by atoms with Crippen LogP contribution < -0.4 is 10.1 Å². The lowest BCUT2D eigenvalue weighted by Gasteiger charge is -2.27. The first-order valence-corrected chi connectivity index (χ1v) is 10.3. The second kappa shape index (κ2) is 9.53. The van der Waals surface area contributed by atoms with Crippen molar-refractivity contribution in [3.05, 3.63) is 72.2 Å². The molecule has 2 heterocycles. The molecule has 1 aliphatic rings. The lowest BCUT2D eigenvalue weighted by molar-refractivity contribution is -0.274. The van der Waals surface area contributed by atoms with E-state index >= 15 is 0 Å². The van der Waals surface area contributed by atoms with Crippen molar-refractivity contribution in [2.75, 3.05) is 13.2 Å². The highest BCUT2D eigenvalue weighted by Crippen LogP contribution is 2.27. The van der Waals surface area contributed by atoms with E-state index in [2.05, 4.69) is 20.0 Å². The van der Waals surface area contributed by atoms with E-state index in [4.69, 9.17) is 9.47 Å². The molecule has 1 saturated heterocycles. The Labute approximate surface area is 187 Å². The van der Waals surface area contributed by atoms with Crippen molar-refractivity contribution in [3.63, 3.8) is 0 Å². The van der Waals surface area contributed by atoms with E-state index in [9.17, 15) is 18.0 Å². The Bertz CT molecular complexity index is 1060. The van der Waals surface area contributed by atoms with E-state index in [1.165, 1.54) is 24.3 Å². The fourth-order valence-electron chi connectivity index (χ4n) is 3.62. The average Bonchev–Trinajstić information content (AvgIpc) is 3.43. The fourth-order valence-corrected chi connectivity index (χ4v) is 3.62. The Morgan fingerprint density at radius 1 is 1.15 bits per heavy atom. The van der Waals surface area contributed by atoms with Crippen LogP contribution in [0.5, 0.6) is 5.75 Å². The van der Waals surface area contributed by atoms with Gasteiger partial charge in [-0.2, -0.15) is 0 Å². The molecular weight excluding hydrogens is 439 g/mol. The smallest absolute Gasteiger partial charge is 0.445 e. The van der Waals surface area contributed by atoms with E-state index in [1.807, 2.05) is 30.3 Å². The van der Waals surface area contributed by atoms with Gasteiger partial charge in [-0.05, 0) is 41.8 Å². The molecule has 1 unspecified atom stereocenters. The number of imidazole rings is 1. The summed E-state index contributed by atoms with van der Waals surface area (Å²) in [6, 6.07) is 14.8. The number of benzene rings is 2. The maximum Gasteiger partial charge on any atom is 0.573 e. The summed E-state index contributed by atoms with van der Waals surface area (Å²) in [5.41, 5.74) is 1.49. The van der Waals surface area contributed by atoms with Crippen molar-refractivity contribution >= 4 is 6.09 Å². The molecule has 1 fully saturated rings. The van der Waals surface area contributed by atoms with Crippen LogP contribution in [0, 0.1) is 0 Å². The molecule has 33 heavy (non-hydrogen) atoms. The predicted octanol–water partition coefficient (Wildman–Crippen LogP) is 4.60. The largest absolute Gasteiger partial charge is 0.573 e. The van der Waals surface area contributed by atoms with Crippen LogP contribution in [0.1, 0.15) is 17.8 Å². The van der Waals surface area contributed by atoms with Gasteiger partial charge in [0, 0.05) is 13.0 Å². The molecule has 3 aromatic rings. The molecule has 4 rings (SSSR count). The lowest BCUT2D eigenvalue weighted by atomic mass is 9.94. The molecular formula is C23H22F3N3O4. The van der Waals surface area contributed by atoms with Crippen molar-refractivity contribution in [2.24, 2.45) is 0 Å². The van der Waals surface area contributed by atoms with Crippen LogP contribution in [0.15, 0.2) is 60.8 Å². The molecule has 1 aromatic heterocycles. The maximum absolute atomic E-state index is 12.4. The Morgan fingerprint density at radius 2 is 1.91 bits per heavy atom. The van der Waals surface area contributed by atoms with Gasteiger partial charge in [-0.3, -0.25) is 0 Å². The molecule has 2 N–H and O–H groups in total. The van der Waals surface area contributed by atoms with Gasteiger partial charge >= 0.3 is 12.5 Å². The van der Waals surface area contributed by atoms with Crippen molar-refractivity contribution in [1.82, 2.24) is 15.3 Å². The Morgan fingerprint density at radius 3 is 2.58 bits per heavy atom. The molecule has 1 aliphatic heterocycles. The van der Waals surface area contributed by atoms with Crippen molar-refractivity contribution in [3.8, 4) is 17.0 Å². The zero-order valence-corrected chi connectivity index (χ0v) is 17.5. The number of aromatic amines is 1. The van der Waals surface area contributed by atoms with Crippen molar-refractivity contribution in [1.29, 1.82) is 0 Å². The molecule has 0 aliphatic carbocycles. The molecule has 7 nitrogen and oxygen atoms in total. The van der Waals surface area contributed by atoms with Gasteiger partial charge in [0.25, 0.3) is 0 Å².